The van der Waals surface area contributed by atoms with Crippen LogP contribution in [0.3, 0.4) is 0 Å². The number of para-hydroxylation sites is 1. The fourth-order valence-electron chi connectivity index (χ4n) is 2.70. The molecule has 0 saturated heterocycles. The average Bonchev–Trinajstić information content (AvgIpc) is 2.54. The van der Waals surface area contributed by atoms with Crippen LogP contribution >= 0.6 is 0 Å². The van der Waals surface area contributed by atoms with Crippen LogP contribution in [0.5, 0.6) is 17.2 Å². The minimum absolute atomic E-state index is 0.0187. The van der Waals surface area contributed by atoms with Crippen LogP contribution in [0.1, 0.15) is 19.4 Å². The number of phenolic OH excluding ortho intramolecular Hbond substituents is 2. The van der Waals surface area contributed by atoms with Crippen LogP contribution in [0.25, 0.3) is 21.9 Å². The third-order valence-electron chi connectivity index (χ3n) is 3.93. The Morgan fingerprint density at radius 3 is 2.62 bits per heavy atom. The molecule has 5 nitrogen and oxygen atoms in total. The molecule has 0 bridgehead atoms. The number of methoxy groups -OCH3 is 1. The van der Waals surface area contributed by atoms with Gasteiger partial charge < -0.3 is 19.4 Å². The third kappa shape index (κ3) is 2.48. The second-order valence-corrected chi connectivity index (χ2v) is 5.85. The molecule has 0 saturated carbocycles. The zero-order valence-electron chi connectivity index (χ0n) is 13.7. The summed E-state index contributed by atoms with van der Waals surface area (Å²) in [5, 5.41) is 20.9. The molecule has 1 heterocycles. The summed E-state index contributed by atoms with van der Waals surface area (Å²) in [5.74, 6) is 0.0965. The van der Waals surface area contributed by atoms with Crippen LogP contribution in [-0.4, -0.2) is 17.3 Å². The molecule has 2 N–H and O–H groups in total. The number of allylic oxidation sites excluding steroid dienone is 2. The van der Waals surface area contributed by atoms with E-state index in [1.54, 1.807) is 12.1 Å². The first-order valence-electron chi connectivity index (χ1n) is 7.54. The maximum Gasteiger partial charge on any atom is 0.204 e. The zero-order valence-corrected chi connectivity index (χ0v) is 13.7. The Morgan fingerprint density at radius 1 is 1.21 bits per heavy atom. The summed E-state index contributed by atoms with van der Waals surface area (Å²) in [5.41, 5.74) is 1.57. The lowest BCUT2D eigenvalue weighted by atomic mass is 10.0. The first kappa shape index (κ1) is 15.9. The minimum atomic E-state index is -0.308. The van der Waals surface area contributed by atoms with Crippen molar-refractivity contribution in [2.24, 2.45) is 0 Å². The van der Waals surface area contributed by atoms with Gasteiger partial charge in [0.15, 0.2) is 11.3 Å². The van der Waals surface area contributed by atoms with Gasteiger partial charge in [-0.3, -0.25) is 4.79 Å². The molecule has 0 spiro atoms. The Hall–Kier alpha value is -2.95. The van der Waals surface area contributed by atoms with Gasteiger partial charge in [0.1, 0.15) is 22.5 Å². The molecule has 0 atom stereocenters. The summed E-state index contributed by atoms with van der Waals surface area (Å²) in [7, 11) is 1.43. The average molecular weight is 326 g/mol. The van der Waals surface area contributed by atoms with Gasteiger partial charge in [-0.05, 0) is 32.4 Å². The van der Waals surface area contributed by atoms with Crippen molar-refractivity contribution < 1.29 is 19.4 Å². The van der Waals surface area contributed by atoms with Crippen molar-refractivity contribution in [2.45, 2.75) is 20.3 Å². The number of ether oxygens (including phenoxy) is 1. The van der Waals surface area contributed by atoms with E-state index >= 15 is 0 Å². The van der Waals surface area contributed by atoms with Crippen LogP contribution in [0.15, 0.2) is 45.1 Å². The van der Waals surface area contributed by atoms with Crippen LogP contribution < -0.4 is 10.2 Å². The molecule has 0 amide bonds. The molecule has 1 aromatic heterocycles. The van der Waals surface area contributed by atoms with Gasteiger partial charge in [-0.1, -0.05) is 17.7 Å². The zero-order chi connectivity index (χ0) is 17.4. The third-order valence-corrected chi connectivity index (χ3v) is 3.93. The number of hydrogen-bond acceptors (Lipinski definition) is 5. The first-order valence-corrected chi connectivity index (χ1v) is 7.54. The quantitative estimate of drug-likeness (QED) is 0.564. The van der Waals surface area contributed by atoms with Gasteiger partial charge in [-0.2, -0.15) is 0 Å². The Morgan fingerprint density at radius 2 is 1.96 bits per heavy atom. The Balaban J connectivity index is 2.51. The molecule has 0 unspecified atom stereocenters. The predicted molar refractivity (Wildman–Crippen MR) is 93.0 cm³/mol. The van der Waals surface area contributed by atoms with E-state index < -0.39 is 0 Å². The van der Waals surface area contributed by atoms with E-state index in [1.807, 2.05) is 19.9 Å². The van der Waals surface area contributed by atoms with Gasteiger partial charge in [-0.15, -0.1) is 0 Å². The summed E-state index contributed by atoms with van der Waals surface area (Å²) < 4.78 is 11.1. The number of fused-ring (bicyclic) bond motifs is 2. The van der Waals surface area contributed by atoms with Crippen molar-refractivity contribution in [1.29, 1.82) is 0 Å². The Labute approximate surface area is 138 Å². The number of hydrogen-bond donors (Lipinski definition) is 2. The summed E-state index contributed by atoms with van der Waals surface area (Å²) in [6.45, 7) is 3.89. The van der Waals surface area contributed by atoms with Gasteiger partial charge in [0.25, 0.3) is 0 Å². The highest BCUT2D eigenvalue weighted by atomic mass is 16.5. The van der Waals surface area contributed by atoms with E-state index in [2.05, 4.69) is 0 Å². The minimum Gasteiger partial charge on any atom is -0.507 e. The van der Waals surface area contributed by atoms with E-state index in [9.17, 15) is 15.0 Å². The van der Waals surface area contributed by atoms with Gasteiger partial charge in [-0.25, -0.2) is 0 Å². The summed E-state index contributed by atoms with van der Waals surface area (Å²) in [6, 6.07) is 6.04. The van der Waals surface area contributed by atoms with Crippen LogP contribution in [0.2, 0.25) is 0 Å². The number of benzene rings is 2. The lowest BCUT2D eigenvalue weighted by Crippen LogP contribution is -2.06. The summed E-state index contributed by atoms with van der Waals surface area (Å²) in [6.07, 6.45) is 2.33. The molecular weight excluding hydrogens is 308 g/mol. The molecule has 0 aliphatic carbocycles. The highest BCUT2D eigenvalue weighted by Crippen LogP contribution is 2.37. The molecule has 0 aliphatic rings. The largest absolute Gasteiger partial charge is 0.507 e. The summed E-state index contributed by atoms with van der Waals surface area (Å²) in [4.78, 5) is 12.9. The van der Waals surface area contributed by atoms with E-state index in [0.29, 0.717) is 12.0 Å². The molecule has 24 heavy (non-hydrogen) atoms. The molecule has 2 aromatic carbocycles. The molecule has 0 fully saturated rings. The van der Waals surface area contributed by atoms with Crippen molar-refractivity contribution in [3.63, 3.8) is 0 Å². The fourth-order valence-corrected chi connectivity index (χ4v) is 2.70. The Bertz CT molecular complexity index is 1020. The van der Waals surface area contributed by atoms with E-state index in [-0.39, 0.29) is 44.6 Å². The van der Waals surface area contributed by atoms with Gasteiger partial charge in [0.05, 0.1) is 12.5 Å². The summed E-state index contributed by atoms with van der Waals surface area (Å²) >= 11 is 0. The Kier molecular flexibility index (Phi) is 3.93. The highest BCUT2D eigenvalue weighted by molar-refractivity contribution is 5.97. The molecule has 3 aromatic rings. The van der Waals surface area contributed by atoms with Gasteiger partial charge >= 0.3 is 0 Å². The van der Waals surface area contributed by atoms with E-state index in [1.165, 1.54) is 19.2 Å². The smallest absolute Gasteiger partial charge is 0.204 e. The topological polar surface area (TPSA) is 79.9 Å². The lowest BCUT2D eigenvalue weighted by molar-refractivity contribution is 0.410. The molecule has 0 radical (unpaired) electrons. The normalized spacial score (nSPS) is 11.0. The van der Waals surface area contributed by atoms with E-state index in [4.69, 9.17) is 9.15 Å². The number of rotatable bonds is 3. The van der Waals surface area contributed by atoms with Crippen molar-refractivity contribution in [3.8, 4) is 17.2 Å². The highest BCUT2D eigenvalue weighted by Gasteiger charge is 2.20. The second-order valence-electron chi connectivity index (χ2n) is 5.85. The van der Waals surface area contributed by atoms with Crippen molar-refractivity contribution in [3.05, 3.63) is 51.7 Å². The lowest BCUT2D eigenvalue weighted by Gasteiger charge is -2.12. The standard InChI is InChI=1S/C19H18O5/c1-10(2)7-8-11-14(21)9-15(23-3)16-17(22)12-5-4-6-13(20)18(12)24-19(11)16/h4-7,9,20-21H,8H2,1-3H3. The van der Waals surface area contributed by atoms with Crippen LogP contribution in [-0.2, 0) is 6.42 Å². The molecule has 5 heteroatoms. The van der Waals surface area contributed by atoms with Crippen molar-refractivity contribution >= 4 is 21.9 Å². The predicted octanol–water partition coefficient (Wildman–Crippen LogP) is 3.87. The number of aromatic hydroxyl groups is 2. The molecule has 3 rings (SSSR count). The molecule has 124 valence electrons. The van der Waals surface area contributed by atoms with Gasteiger partial charge in [0, 0.05) is 11.6 Å². The van der Waals surface area contributed by atoms with Crippen LogP contribution in [0, 0.1) is 0 Å². The monoisotopic (exact) mass is 326 g/mol. The van der Waals surface area contributed by atoms with Crippen molar-refractivity contribution in [1.82, 2.24) is 0 Å². The first-order chi connectivity index (χ1) is 11.4. The van der Waals surface area contributed by atoms with Crippen LogP contribution in [0.4, 0.5) is 0 Å². The van der Waals surface area contributed by atoms with E-state index in [0.717, 1.165) is 5.57 Å². The number of phenols is 2. The molecule has 0 aliphatic heterocycles. The second kappa shape index (κ2) is 5.92. The maximum absolute atomic E-state index is 12.9. The van der Waals surface area contributed by atoms with Gasteiger partial charge in [0.2, 0.25) is 5.43 Å². The maximum atomic E-state index is 12.9. The fraction of sp³-hybridized carbons (Fsp3) is 0.211. The molecular formula is C19H18O5. The SMILES string of the molecule is COc1cc(O)c(CC=C(C)C)c2oc3c(O)cccc3c(=O)c12. The van der Waals surface area contributed by atoms with Crippen molar-refractivity contribution in [2.75, 3.05) is 7.11 Å².